The first-order valence-electron chi connectivity index (χ1n) is 6.52. The van der Waals surface area contributed by atoms with E-state index in [0.717, 1.165) is 25.4 Å². The first kappa shape index (κ1) is 10.3. The van der Waals surface area contributed by atoms with Crippen molar-refractivity contribution >= 4 is 0 Å². The van der Waals surface area contributed by atoms with E-state index in [1.165, 1.54) is 37.9 Å². The van der Waals surface area contributed by atoms with Crippen LogP contribution in [0.15, 0.2) is 6.33 Å². The molecule has 1 aromatic heterocycles. The van der Waals surface area contributed by atoms with Crippen molar-refractivity contribution in [2.45, 2.75) is 44.6 Å². The van der Waals surface area contributed by atoms with Gasteiger partial charge in [-0.1, -0.05) is 25.7 Å². The summed E-state index contributed by atoms with van der Waals surface area (Å²) in [6.07, 6.45) is 10.0. The number of nitrogens with one attached hydrogen (secondary N) is 1. The third-order valence-corrected chi connectivity index (χ3v) is 4.05. The zero-order valence-corrected chi connectivity index (χ0v) is 9.73. The van der Waals surface area contributed by atoms with Crippen LogP contribution in [-0.2, 0) is 6.42 Å². The van der Waals surface area contributed by atoms with E-state index >= 15 is 0 Å². The molecule has 1 aliphatic carbocycles. The molecular weight excluding hydrogens is 200 g/mol. The molecule has 0 aromatic carbocycles. The second-order valence-electron chi connectivity index (χ2n) is 5.16. The van der Waals surface area contributed by atoms with Crippen molar-refractivity contribution in [1.29, 1.82) is 0 Å². The second-order valence-corrected chi connectivity index (χ2v) is 5.16. The predicted molar refractivity (Wildman–Crippen MR) is 62.2 cm³/mol. The van der Waals surface area contributed by atoms with Gasteiger partial charge in [-0.2, -0.15) is 0 Å². The molecule has 2 fully saturated rings. The van der Waals surface area contributed by atoms with Gasteiger partial charge in [0.1, 0.15) is 12.2 Å². The fourth-order valence-electron chi connectivity index (χ4n) is 2.85. The molecule has 0 unspecified atom stereocenters. The Morgan fingerprint density at radius 3 is 2.81 bits per heavy atom. The first-order chi connectivity index (χ1) is 7.93. The maximum Gasteiger partial charge on any atom is 0.133 e. The third-order valence-electron chi connectivity index (χ3n) is 4.05. The molecule has 0 bridgehead atoms. The standard InChI is InChI=1S/C12H20N4/c1-2-4-10(3-1)5-6-12-15-14-9-16(12)11-7-13-8-11/h9-11,13H,1-8H2. The monoisotopic (exact) mass is 220 g/mol. The van der Waals surface area contributed by atoms with Gasteiger partial charge < -0.3 is 9.88 Å². The molecule has 1 aromatic rings. The van der Waals surface area contributed by atoms with Crippen LogP contribution in [0, 0.1) is 5.92 Å². The van der Waals surface area contributed by atoms with E-state index in [1.807, 2.05) is 6.33 Å². The zero-order chi connectivity index (χ0) is 10.8. The number of aryl methyl sites for hydroxylation is 1. The Balaban J connectivity index is 1.58. The summed E-state index contributed by atoms with van der Waals surface area (Å²) in [6.45, 7) is 2.16. The van der Waals surface area contributed by atoms with Crippen molar-refractivity contribution < 1.29 is 0 Å². The molecule has 2 heterocycles. The molecule has 0 spiro atoms. The van der Waals surface area contributed by atoms with E-state index in [0.29, 0.717) is 6.04 Å². The van der Waals surface area contributed by atoms with Crippen LogP contribution < -0.4 is 5.32 Å². The molecule has 0 atom stereocenters. The first-order valence-corrected chi connectivity index (χ1v) is 6.52. The number of hydrogen-bond acceptors (Lipinski definition) is 3. The Kier molecular flexibility index (Phi) is 2.91. The van der Waals surface area contributed by atoms with Gasteiger partial charge in [0, 0.05) is 19.5 Å². The summed E-state index contributed by atoms with van der Waals surface area (Å²) in [7, 11) is 0. The van der Waals surface area contributed by atoms with E-state index in [1.54, 1.807) is 0 Å². The van der Waals surface area contributed by atoms with Crippen LogP contribution in [0.25, 0.3) is 0 Å². The number of aromatic nitrogens is 3. The van der Waals surface area contributed by atoms with E-state index in [9.17, 15) is 0 Å². The molecule has 0 radical (unpaired) electrons. The summed E-state index contributed by atoms with van der Waals surface area (Å²) in [5, 5.41) is 11.6. The highest BCUT2D eigenvalue weighted by Gasteiger charge is 2.22. The maximum absolute atomic E-state index is 4.27. The van der Waals surface area contributed by atoms with Crippen LogP contribution >= 0.6 is 0 Å². The van der Waals surface area contributed by atoms with Gasteiger partial charge in [-0.3, -0.25) is 0 Å². The smallest absolute Gasteiger partial charge is 0.133 e. The quantitative estimate of drug-likeness (QED) is 0.837. The molecule has 88 valence electrons. The van der Waals surface area contributed by atoms with Crippen molar-refractivity contribution in [2.75, 3.05) is 13.1 Å². The molecule has 1 saturated heterocycles. The van der Waals surface area contributed by atoms with Crippen LogP contribution in [-0.4, -0.2) is 27.9 Å². The van der Waals surface area contributed by atoms with Crippen LogP contribution in [0.4, 0.5) is 0 Å². The van der Waals surface area contributed by atoms with Gasteiger partial charge in [-0.15, -0.1) is 10.2 Å². The topological polar surface area (TPSA) is 42.7 Å². The minimum atomic E-state index is 0.605. The maximum atomic E-state index is 4.27. The fourth-order valence-corrected chi connectivity index (χ4v) is 2.85. The summed E-state index contributed by atoms with van der Waals surface area (Å²) in [4.78, 5) is 0. The van der Waals surface area contributed by atoms with E-state index < -0.39 is 0 Å². The van der Waals surface area contributed by atoms with Gasteiger partial charge in [0.25, 0.3) is 0 Å². The van der Waals surface area contributed by atoms with Gasteiger partial charge in [0.15, 0.2) is 0 Å². The van der Waals surface area contributed by atoms with Gasteiger partial charge in [0.2, 0.25) is 0 Å². The summed E-state index contributed by atoms with van der Waals surface area (Å²) < 4.78 is 2.27. The summed E-state index contributed by atoms with van der Waals surface area (Å²) in [5.74, 6) is 2.14. The van der Waals surface area contributed by atoms with Gasteiger partial charge >= 0.3 is 0 Å². The summed E-state index contributed by atoms with van der Waals surface area (Å²) >= 11 is 0. The fraction of sp³-hybridized carbons (Fsp3) is 0.833. The second kappa shape index (κ2) is 4.53. The molecule has 4 heteroatoms. The SMILES string of the molecule is c1nnc(CCC2CCCC2)n1C1CNC1. The van der Waals surface area contributed by atoms with Crippen LogP contribution in [0.1, 0.15) is 44.0 Å². The van der Waals surface area contributed by atoms with Crippen molar-refractivity contribution in [3.05, 3.63) is 12.2 Å². The Morgan fingerprint density at radius 1 is 1.31 bits per heavy atom. The lowest BCUT2D eigenvalue weighted by Crippen LogP contribution is -2.43. The van der Waals surface area contributed by atoms with Crippen LogP contribution in [0.2, 0.25) is 0 Å². The molecule has 1 saturated carbocycles. The molecule has 2 aliphatic rings. The average Bonchev–Trinajstić information content (AvgIpc) is 2.82. The lowest BCUT2D eigenvalue weighted by atomic mass is 10.0. The van der Waals surface area contributed by atoms with Crippen molar-refractivity contribution in [3.63, 3.8) is 0 Å². The third kappa shape index (κ3) is 1.98. The van der Waals surface area contributed by atoms with Crippen molar-refractivity contribution in [2.24, 2.45) is 5.92 Å². The molecule has 1 aliphatic heterocycles. The zero-order valence-electron chi connectivity index (χ0n) is 9.73. The molecule has 16 heavy (non-hydrogen) atoms. The Labute approximate surface area is 96.4 Å². The normalized spacial score (nSPS) is 22.5. The number of hydrogen-bond donors (Lipinski definition) is 1. The van der Waals surface area contributed by atoms with Crippen molar-refractivity contribution in [3.8, 4) is 0 Å². The highest BCUT2D eigenvalue weighted by atomic mass is 15.3. The largest absolute Gasteiger partial charge is 0.313 e. The average molecular weight is 220 g/mol. The van der Waals surface area contributed by atoms with Gasteiger partial charge in [-0.25, -0.2) is 0 Å². The molecule has 4 nitrogen and oxygen atoms in total. The lowest BCUT2D eigenvalue weighted by Gasteiger charge is -2.29. The lowest BCUT2D eigenvalue weighted by molar-refractivity contribution is 0.332. The minimum Gasteiger partial charge on any atom is -0.313 e. The predicted octanol–water partition coefficient (Wildman–Crippen LogP) is 1.55. The summed E-state index contributed by atoms with van der Waals surface area (Å²) in [6, 6.07) is 0.605. The number of rotatable bonds is 4. The molecule has 0 amide bonds. The Hall–Kier alpha value is -0.900. The molecule has 1 N–H and O–H groups in total. The van der Waals surface area contributed by atoms with Gasteiger partial charge in [-0.05, 0) is 12.3 Å². The van der Waals surface area contributed by atoms with E-state index in [2.05, 4.69) is 20.1 Å². The highest BCUT2D eigenvalue weighted by Crippen LogP contribution is 2.28. The van der Waals surface area contributed by atoms with E-state index in [4.69, 9.17) is 0 Å². The van der Waals surface area contributed by atoms with Crippen LogP contribution in [0.3, 0.4) is 0 Å². The number of nitrogens with zero attached hydrogens (tertiary/aromatic N) is 3. The van der Waals surface area contributed by atoms with Gasteiger partial charge in [0.05, 0.1) is 6.04 Å². The molecule has 3 rings (SSSR count). The van der Waals surface area contributed by atoms with E-state index in [-0.39, 0.29) is 0 Å². The highest BCUT2D eigenvalue weighted by molar-refractivity contribution is 4.95. The Bertz CT molecular complexity index is 337. The van der Waals surface area contributed by atoms with Crippen molar-refractivity contribution in [1.82, 2.24) is 20.1 Å². The Morgan fingerprint density at radius 2 is 2.12 bits per heavy atom. The summed E-state index contributed by atoms with van der Waals surface area (Å²) in [5.41, 5.74) is 0. The van der Waals surface area contributed by atoms with Crippen LogP contribution in [0.5, 0.6) is 0 Å². The molecular formula is C12H20N4. The minimum absolute atomic E-state index is 0.605.